The maximum atomic E-state index is 12.3. The fourth-order valence-electron chi connectivity index (χ4n) is 1.61. The number of aromatic nitrogens is 1. The lowest BCUT2D eigenvalue weighted by Gasteiger charge is -2.15. The molecule has 0 bridgehead atoms. The molecule has 2 aromatic rings. The van der Waals surface area contributed by atoms with Gasteiger partial charge in [-0.1, -0.05) is 27.2 Å². The Hall–Kier alpha value is -1.18. The molecule has 1 aromatic heterocycles. The van der Waals surface area contributed by atoms with Gasteiger partial charge >= 0.3 is 0 Å². The lowest BCUT2D eigenvalue weighted by molar-refractivity contribution is 0.378. The third-order valence-electron chi connectivity index (χ3n) is 2.57. The second-order valence-electron chi connectivity index (χ2n) is 4.15. The lowest BCUT2D eigenvalue weighted by atomic mass is 10.4. The third kappa shape index (κ3) is 3.23. The van der Waals surface area contributed by atoms with Crippen molar-refractivity contribution in [1.82, 2.24) is 9.46 Å². The quantitative estimate of drug-likeness (QED) is 0.854. The fourth-order valence-corrected chi connectivity index (χ4v) is 3.35. The van der Waals surface area contributed by atoms with Crippen molar-refractivity contribution in [2.75, 3.05) is 7.05 Å². The van der Waals surface area contributed by atoms with Crippen LogP contribution in [0.1, 0.15) is 11.5 Å². The molecule has 5 nitrogen and oxygen atoms in total. The van der Waals surface area contributed by atoms with Crippen LogP contribution in [0.4, 0.5) is 0 Å². The summed E-state index contributed by atoms with van der Waals surface area (Å²) in [4.78, 5) is 0.240. The highest BCUT2D eigenvalue weighted by molar-refractivity contribution is 9.10. The topological polar surface area (TPSA) is 63.4 Å². The summed E-state index contributed by atoms with van der Waals surface area (Å²) in [5.41, 5.74) is 0.582. The summed E-state index contributed by atoms with van der Waals surface area (Å²) in [6, 6.07) is 8.31. The highest BCUT2D eigenvalue weighted by Gasteiger charge is 2.22. The molecule has 0 aliphatic heterocycles. The van der Waals surface area contributed by atoms with E-state index in [1.807, 2.05) is 0 Å². The van der Waals surface area contributed by atoms with Crippen LogP contribution in [0.2, 0.25) is 0 Å². The monoisotopic (exact) mass is 344 g/mol. The van der Waals surface area contributed by atoms with E-state index in [2.05, 4.69) is 21.1 Å². The number of sulfonamides is 1. The van der Waals surface area contributed by atoms with Crippen LogP contribution in [0.3, 0.4) is 0 Å². The van der Waals surface area contributed by atoms with Gasteiger partial charge in [0.1, 0.15) is 5.76 Å². The van der Waals surface area contributed by atoms with Gasteiger partial charge in [-0.05, 0) is 25.1 Å². The van der Waals surface area contributed by atoms with Gasteiger partial charge in [-0.15, -0.1) is 0 Å². The normalized spacial score (nSPS) is 12.0. The Morgan fingerprint density at radius 3 is 2.68 bits per heavy atom. The molecule has 0 spiro atoms. The second kappa shape index (κ2) is 5.44. The van der Waals surface area contributed by atoms with Crippen LogP contribution >= 0.6 is 15.9 Å². The molecule has 2 rings (SSSR count). The van der Waals surface area contributed by atoms with Crippen molar-refractivity contribution in [3.8, 4) is 0 Å². The minimum Gasteiger partial charge on any atom is -0.361 e. The van der Waals surface area contributed by atoms with Crippen LogP contribution in [0.15, 0.2) is 44.2 Å². The molecule has 1 heterocycles. The molecular formula is C12H13BrN2O3S. The zero-order chi connectivity index (χ0) is 14.0. The van der Waals surface area contributed by atoms with Crippen LogP contribution in [-0.4, -0.2) is 24.9 Å². The summed E-state index contributed by atoms with van der Waals surface area (Å²) in [5.74, 6) is 0.656. The first-order valence-electron chi connectivity index (χ1n) is 5.54. The molecule has 7 heteroatoms. The maximum absolute atomic E-state index is 12.3. The molecule has 0 unspecified atom stereocenters. The number of aryl methyl sites for hydroxylation is 1. The van der Waals surface area contributed by atoms with Gasteiger partial charge < -0.3 is 4.52 Å². The van der Waals surface area contributed by atoms with Gasteiger partial charge in [0.15, 0.2) is 0 Å². The highest BCUT2D eigenvalue weighted by atomic mass is 79.9. The Kier molecular flexibility index (Phi) is 4.07. The molecule has 0 atom stereocenters. The Balaban J connectivity index is 2.24. The van der Waals surface area contributed by atoms with E-state index in [1.54, 1.807) is 37.3 Å². The van der Waals surface area contributed by atoms with Gasteiger partial charge in [0, 0.05) is 17.6 Å². The van der Waals surface area contributed by atoms with Crippen molar-refractivity contribution in [2.45, 2.75) is 18.4 Å². The summed E-state index contributed by atoms with van der Waals surface area (Å²) in [7, 11) is -2.01. The van der Waals surface area contributed by atoms with E-state index in [-0.39, 0.29) is 11.4 Å². The number of benzene rings is 1. The average molecular weight is 345 g/mol. The van der Waals surface area contributed by atoms with Gasteiger partial charge in [0.05, 0.1) is 17.1 Å². The van der Waals surface area contributed by atoms with Crippen molar-refractivity contribution < 1.29 is 12.9 Å². The molecule has 0 aliphatic carbocycles. The minimum absolute atomic E-state index is 0.173. The number of rotatable bonds is 4. The third-order valence-corrected chi connectivity index (χ3v) is 4.86. The molecule has 0 saturated heterocycles. The number of nitrogens with zero attached hydrogens (tertiary/aromatic N) is 2. The Morgan fingerprint density at radius 1 is 1.37 bits per heavy atom. The van der Waals surface area contributed by atoms with Crippen molar-refractivity contribution in [3.63, 3.8) is 0 Å². The van der Waals surface area contributed by atoms with Gasteiger partial charge in [-0.3, -0.25) is 0 Å². The van der Waals surface area contributed by atoms with E-state index in [9.17, 15) is 8.42 Å². The standard InChI is InChI=1S/C12H13BrN2O3S/c1-9-6-11(14-18-9)8-15(2)19(16,17)12-5-3-4-10(13)7-12/h3-7H,8H2,1-2H3. The maximum Gasteiger partial charge on any atom is 0.243 e. The molecular weight excluding hydrogens is 332 g/mol. The summed E-state index contributed by atoms with van der Waals surface area (Å²) >= 11 is 3.26. The van der Waals surface area contributed by atoms with Crippen molar-refractivity contribution in [1.29, 1.82) is 0 Å². The fraction of sp³-hybridized carbons (Fsp3) is 0.250. The van der Waals surface area contributed by atoms with E-state index in [0.29, 0.717) is 11.5 Å². The van der Waals surface area contributed by atoms with Crippen molar-refractivity contribution in [2.24, 2.45) is 0 Å². The summed E-state index contributed by atoms with van der Waals surface area (Å²) < 4.78 is 31.6. The van der Waals surface area contributed by atoms with Gasteiger partial charge in [-0.25, -0.2) is 8.42 Å². The number of hydrogen-bond donors (Lipinski definition) is 0. The first kappa shape index (κ1) is 14.2. The molecule has 0 saturated carbocycles. The van der Waals surface area contributed by atoms with E-state index >= 15 is 0 Å². The van der Waals surface area contributed by atoms with Crippen LogP contribution in [-0.2, 0) is 16.6 Å². The molecule has 102 valence electrons. The van der Waals surface area contributed by atoms with Crippen LogP contribution < -0.4 is 0 Å². The highest BCUT2D eigenvalue weighted by Crippen LogP contribution is 2.20. The van der Waals surface area contributed by atoms with Gasteiger partial charge in [-0.2, -0.15) is 4.31 Å². The van der Waals surface area contributed by atoms with E-state index < -0.39 is 10.0 Å². The predicted octanol–water partition coefficient (Wildman–Crippen LogP) is 2.57. The minimum atomic E-state index is -3.53. The van der Waals surface area contributed by atoms with E-state index in [1.165, 1.54) is 11.4 Å². The first-order chi connectivity index (χ1) is 8.89. The Morgan fingerprint density at radius 2 is 2.11 bits per heavy atom. The zero-order valence-corrected chi connectivity index (χ0v) is 12.9. The molecule has 1 aromatic carbocycles. The predicted molar refractivity (Wildman–Crippen MR) is 74.0 cm³/mol. The molecule has 19 heavy (non-hydrogen) atoms. The molecule has 0 aliphatic rings. The molecule has 0 N–H and O–H groups in total. The lowest BCUT2D eigenvalue weighted by Crippen LogP contribution is -2.26. The Bertz CT molecular complexity index is 682. The van der Waals surface area contributed by atoms with Crippen LogP contribution in [0.5, 0.6) is 0 Å². The van der Waals surface area contributed by atoms with E-state index in [4.69, 9.17) is 4.52 Å². The Labute approximate surface area is 120 Å². The van der Waals surface area contributed by atoms with Crippen LogP contribution in [0, 0.1) is 6.92 Å². The number of hydrogen-bond acceptors (Lipinski definition) is 4. The van der Waals surface area contributed by atoms with E-state index in [0.717, 1.165) is 4.47 Å². The number of halogens is 1. The SMILES string of the molecule is Cc1cc(CN(C)S(=O)(=O)c2cccc(Br)c2)no1. The first-order valence-corrected chi connectivity index (χ1v) is 7.77. The van der Waals surface area contributed by atoms with Gasteiger partial charge in [0.25, 0.3) is 0 Å². The smallest absolute Gasteiger partial charge is 0.243 e. The van der Waals surface area contributed by atoms with Crippen molar-refractivity contribution >= 4 is 26.0 Å². The molecule has 0 radical (unpaired) electrons. The molecule has 0 amide bonds. The summed E-state index contributed by atoms with van der Waals surface area (Å²) in [5, 5.41) is 3.79. The average Bonchev–Trinajstić information content (AvgIpc) is 2.74. The summed E-state index contributed by atoms with van der Waals surface area (Å²) in [6.45, 7) is 1.94. The van der Waals surface area contributed by atoms with Gasteiger partial charge in [0.2, 0.25) is 10.0 Å². The van der Waals surface area contributed by atoms with Crippen LogP contribution in [0.25, 0.3) is 0 Å². The summed E-state index contributed by atoms with van der Waals surface area (Å²) in [6.07, 6.45) is 0. The largest absolute Gasteiger partial charge is 0.361 e. The second-order valence-corrected chi connectivity index (χ2v) is 7.11. The zero-order valence-electron chi connectivity index (χ0n) is 10.5. The molecule has 0 fully saturated rings. The van der Waals surface area contributed by atoms with Crippen molar-refractivity contribution in [3.05, 3.63) is 46.3 Å².